The molecule has 0 bridgehead atoms. The van der Waals surface area contributed by atoms with Crippen LogP contribution in [0.4, 0.5) is 5.82 Å². The van der Waals surface area contributed by atoms with E-state index in [1.54, 1.807) is 6.20 Å². The molecular formula is C19H22N4O2. The first-order chi connectivity index (χ1) is 12.1. The number of carbonyl (C=O) groups is 1. The number of hydrogen-bond acceptors (Lipinski definition) is 4. The number of pyridine rings is 2. The lowest BCUT2D eigenvalue weighted by Crippen LogP contribution is -2.23. The zero-order valence-electron chi connectivity index (χ0n) is 14.5. The summed E-state index contributed by atoms with van der Waals surface area (Å²) in [5.41, 5.74) is 2.44. The normalized spacial score (nSPS) is 17.6. The van der Waals surface area contributed by atoms with E-state index in [-0.39, 0.29) is 23.4 Å². The Kier molecular flexibility index (Phi) is 3.82. The Morgan fingerprint density at radius 2 is 2.04 bits per heavy atom. The smallest absolute Gasteiger partial charge is 0.258 e. The van der Waals surface area contributed by atoms with Gasteiger partial charge >= 0.3 is 0 Å². The van der Waals surface area contributed by atoms with E-state index in [1.165, 1.54) is 0 Å². The fourth-order valence-electron chi connectivity index (χ4n) is 3.15. The summed E-state index contributed by atoms with van der Waals surface area (Å²) in [6, 6.07) is 3.96. The Bertz CT molecular complexity index is 936. The van der Waals surface area contributed by atoms with Gasteiger partial charge in [0.25, 0.3) is 5.56 Å². The number of carbonyl (C=O) groups excluding carboxylic acids is 1. The Balaban J connectivity index is 1.82. The van der Waals surface area contributed by atoms with Gasteiger partial charge in [-0.2, -0.15) is 0 Å². The molecule has 2 aliphatic rings. The van der Waals surface area contributed by atoms with Crippen LogP contribution in [0.25, 0.3) is 16.5 Å². The third-order valence-electron chi connectivity index (χ3n) is 4.82. The van der Waals surface area contributed by atoms with E-state index in [0.717, 1.165) is 42.2 Å². The Morgan fingerprint density at radius 1 is 1.28 bits per heavy atom. The first-order valence-corrected chi connectivity index (χ1v) is 8.79. The van der Waals surface area contributed by atoms with Crippen LogP contribution in [0.15, 0.2) is 29.3 Å². The van der Waals surface area contributed by atoms with Gasteiger partial charge in [0, 0.05) is 42.2 Å². The summed E-state index contributed by atoms with van der Waals surface area (Å²) < 4.78 is 1.87. The number of rotatable bonds is 5. The second-order valence-corrected chi connectivity index (χ2v) is 6.97. The molecule has 1 amide bonds. The van der Waals surface area contributed by atoms with Crippen molar-refractivity contribution in [3.8, 4) is 0 Å². The van der Waals surface area contributed by atoms with E-state index in [2.05, 4.69) is 15.6 Å². The molecule has 4 rings (SSSR count). The number of allylic oxidation sites excluding steroid dienone is 1. The molecule has 25 heavy (non-hydrogen) atoms. The van der Waals surface area contributed by atoms with E-state index >= 15 is 0 Å². The lowest BCUT2D eigenvalue weighted by Gasteiger charge is -2.14. The van der Waals surface area contributed by atoms with Gasteiger partial charge in [0.1, 0.15) is 5.82 Å². The summed E-state index contributed by atoms with van der Waals surface area (Å²) in [4.78, 5) is 29.4. The predicted molar refractivity (Wildman–Crippen MR) is 98.3 cm³/mol. The Morgan fingerprint density at radius 3 is 2.68 bits per heavy atom. The predicted octanol–water partition coefficient (Wildman–Crippen LogP) is 2.66. The van der Waals surface area contributed by atoms with E-state index in [1.807, 2.05) is 36.9 Å². The van der Waals surface area contributed by atoms with E-state index in [4.69, 9.17) is 0 Å². The van der Waals surface area contributed by atoms with Crippen molar-refractivity contribution in [2.45, 2.75) is 38.6 Å². The molecule has 0 aliphatic heterocycles. The monoisotopic (exact) mass is 338 g/mol. The third kappa shape index (κ3) is 3.04. The molecule has 2 heterocycles. The molecule has 6 heteroatoms. The third-order valence-corrected chi connectivity index (χ3v) is 4.82. The minimum absolute atomic E-state index is 0.0182. The second-order valence-electron chi connectivity index (χ2n) is 6.97. The van der Waals surface area contributed by atoms with Crippen LogP contribution in [-0.4, -0.2) is 22.5 Å². The van der Waals surface area contributed by atoms with E-state index in [9.17, 15) is 9.59 Å². The lowest BCUT2D eigenvalue weighted by atomic mass is 10.1. The van der Waals surface area contributed by atoms with Gasteiger partial charge in [0.15, 0.2) is 0 Å². The molecule has 130 valence electrons. The van der Waals surface area contributed by atoms with Crippen molar-refractivity contribution in [1.82, 2.24) is 14.9 Å². The fraction of sp³-hybridized carbons (Fsp3) is 0.421. The fourth-order valence-corrected chi connectivity index (χ4v) is 3.15. The quantitative estimate of drug-likeness (QED) is 0.879. The first kappa shape index (κ1) is 15.9. The summed E-state index contributed by atoms with van der Waals surface area (Å²) in [6.07, 6.45) is 7.50. The van der Waals surface area contributed by atoms with Crippen LogP contribution in [-0.2, 0) is 4.79 Å². The number of aromatic nitrogens is 2. The van der Waals surface area contributed by atoms with Crippen molar-refractivity contribution in [2.75, 3.05) is 12.4 Å². The Hall–Kier alpha value is -2.63. The largest absolute Gasteiger partial charge is 0.394 e. The molecule has 2 fully saturated rings. The Labute approximate surface area is 145 Å². The number of nitrogens with one attached hydrogen (secondary N) is 2. The maximum atomic E-state index is 13.0. The topological polar surface area (TPSA) is 76.0 Å². The molecule has 0 radical (unpaired) electrons. The van der Waals surface area contributed by atoms with Crippen molar-refractivity contribution in [3.05, 3.63) is 40.4 Å². The van der Waals surface area contributed by atoms with Gasteiger partial charge in [-0.1, -0.05) is 0 Å². The standard InChI is InChI=1S/C19H22N4O2/c1-11(9-20-2)15-7-13-10-21-17(22-18(24)12-3-4-12)8-16(13)23(19(15)25)14-5-6-14/h7-10,12,14,20H,3-6H2,1-2H3,(H,21,22,24)/b11-9+. The highest BCUT2D eigenvalue weighted by Gasteiger charge is 2.30. The van der Waals surface area contributed by atoms with E-state index in [0.29, 0.717) is 11.4 Å². The van der Waals surface area contributed by atoms with Crippen molar-refractivity contribution in [3.63, 3.8) is 0 Å². The summed E-state index contributed by atoms with van der Waals surface area (Å²) in [6.45, 7) is 1.92. The molecule has 2 aliphatic carbocycles. The molecule has 0 saturated heterocycles. The van der Waals surface area contributed by atoms with Crippen LogP contribution >= 0.6 is 0 Å². The lowest BCUT2D eigenvalue weighted by molar-refractivity contribution is -0.117. The molecular weight excluding hydrogens is 316 g/mol. The molecule has 2 N–H and O–H groups in total. The number of nitrogens with zero attached hydrogens (tertiary/aromatic N) is 2. The summed E-state index contributed by atoms with van der Waals surface area (Å²) in [5.74, 6) is 0.671. The number of amides is 1. The highest BCUT2D eigenvalue weighted by atomic mass is 16.2. The first-order valence-electron chi connectivity index (χ1n) is 8.79. The van der Waals surface area contributed by atoms with Gasteiger partial charge in [-0.15, -0.1) is 0 Å². The van der Waals surface area contributed by atoms with Crippen molar-refractivity contribution in [2.24, 2.45) is 5.92 Å². The van der Waals surface area contributed by atoms with Crippen molar-refractivity contribution < 1.29 is 4.79 Å². The number of anilines is 1. The molecule has 2 aromatic rings. The van der Waals surface area contributed by atoms with Gasteiger partial charge in [-0.25, -0.2) is 4.98 Å². The number of fused-ring (bicyclic) bond motifs is 1. The maximum absolute atomic E-state index is 13.0. The molecule has 2 saturated carbocycles. The molecule has 0 unspecified atom stereocenters. The molecule has 0 spiro atoms. The molecule has 2 aromatic heterocycles. The van der Waals surface area contributed by atoms with Crippen LogP contribution < -0.4 is 16.2 Å². The minimum atomic E-state index is 0.0182. The van der Waals surface area contributed by atoms with Crippen LogP contribution in [0, 0.1) is 5.92 Å². The van der Waals surface area contributed by atoms with Gasteiger partial charge in [0.2, 0.25) is 5.91 Å². The van der Waals surface area contributed by atoms with Crippen LogP contribution in [0.3, 0.4) is 0 Å². The second kappa shape index (κ2) is 6.02. The van der Waals surface area contributed by atoms with Gasteiger partial charge in [0.05, 0.1) is 5.52 Å². The van der Waals surface area contributed by atoms with Gasteiger partial charge in [-0.05, 0) is 50.4 Å². The zero-order chi connectivity index (χ0) is 17.6. The summed E-state index contributed by atoms with van der Waals surface area (Å²) in [5, 5.41) is 6.76. The zero-order valence-corrected chi connectivity index (χ0v) is 14.5. The van der Waals surface area contributed by atoms with Crippen LogP contribution in [0.1, 0.15) is 44.2 Å². The van der Waals surface area contributed by atoms with Gasteiger partial charge in [-0.3, -0.25) is 9.59 Å². The van der Waals surface area contributed by atoms with Gasteiger partial charge < -0.3 is 15.2 Å². The molecule has 0 atom stereocenters. The highest BCUT2D eigenvalue weighted by molar-refractivity contribution is 5.95. The SMILES string of the molecule is CN/C=C(\C)c1cc2cnc(NC(=O)C3CC3)cc2n(C2CC2)c1=O. The maximum Gasteiger partial charge on any atom is 0.258 e. The van der Waals surface area contributed by atoms with Crippen LogP contribution in [0.5, 0.6) is 0 Å². The summed E-state index contributed by atoms with van der Waals surface area (Å²) >= 11 is 0. The average Bonchev–Trinajstić information content (AvgIpc) is 3.47. The molecule has 6 nitrogen and oxygen atoms in total. The van der Waals surface area contributed by atoms with Crippen molar-refractivity contribution >= 4 is 28.2 Å². The van der Waals surface area contributed by atoms with Crippen LogP contribution in [0.2, 0.25) is 0 Å². The minimum Gasteiger partial charge on any atom is -0.394 e. The molecule has 0 aromatic carbocycles. The van der Waals surface area contributed by atoms with E-state index < -0.39 is 0 Å². The average molecular weight is 338 g/mol. The van der Waals surface area contributed by atoms with Crippen molar-refractivity contribution in [1.29, 1.82) is 0 Å². The summed E-state index contributed by atoms with van der Waals surface area (Å²) in [7, 11) is 1.82. The number of hydrogen-bond donors (Lipinski definition) is 2. The highest BCUT2D eigenvalue weighted by Crippen LogP contribution is 2.37.